The zero-order valence-corrected chi connectivity index (χ0v) is 8.65. The maximum absolute atomic E-state index is 13.2. The number of nitrogens with one attached hydrogen (secondary N) is 1. The molecule has 1 aromatic rings. The molecule has 14 heavy (non-hydrogen) atoms. The Hall–Kier alpha value is -0.640. The molecule has 2 nitrogen and oxygen atoms in total. The lowest BCUT2D eigenvalue weighted by atomic mass is 10.2. The lowest BCUT2D eigenvalue weighted by Crippen LogP contribution is -2.18. The summed E-state index contributed by atoms with van der Waals surface area (Å²) in [6.45, 7) is 1.97. The van der Waals surface area contributed by atoms with E-state index < -0.39 is 0 Å². The molecule has 0 fully saturated rings. The molecule has 0 aliphatic rings. The molecule has 0 saturated carbocycles. The van der Waals surface area contributed by atoms with E-state index >= 15 is 0 Å². The van der Waals surface area contributed by atoms with E-state index in [-0.39, 0.29) is 5.82 Å². The summed E-state index contributed by atoms with van der Waals surface area (Å²) in [5, 5.41) is 3.52. The van der Waals surface area contributed by atoms with Crippen LogP contribution in [0.15, 0.2) is 18.2 Å². The smallest absolute Gasteiger partial charge is 0.129 e. The summed E-state index contributed by atoms with van der Waals surface area (Å²) in [6.07, 6.45) is 0.898. The molecule has 0 aromatic heterocycles. The van der Waals surface area contributed by atoms with Crippen molar-refractivity contribution in [1.82, 2.24) is 5.32 Å². The second-order valence-corrected chi connectivity index (χ2v) is 3.49. The van der Waals surface area contributed by atoms with Crippen LogP contribution in [0, 0.1) is 5.82 Å². The molecule has 78 valence electrons. The van der Waals surface area contributed by atoms with Gasteiger partial charge in [0.1, 0.15) is 5.82 Å². The van der Waals surface area contributed by atoms with Crippen LogP contribution in [0.5, 0.6) is 0 Å². The molecule has 0 spiro atoms. The van der Waals surface area contributed by atoms with E-state index in [2.05, 4.69) is 5.32 Å². The van der Waals surface area contributed by atoms with Crippen molar-refractivity contribution in [3.63, 3.8) is 0 Å². The molecular weight excluding hydrogens is 203 g/mol. The van der Waals surface area contributed by atoms with Gasteiger partial charge in [-0.15, -0.1) is 0 Å². The Morgan fingerprint density at radius 1 is 1.43 bits per heavy atom. The van der Waals surface area contributed by atoms with Crippen LogP contribution in [0.1, 0.15) is 12.0 Å². The summed E-state index contributed by atoms with van der Waals surface area (Å²) in [6, 6.07) is 4.69. The second kappa shape index (κ2) is 5.96. The van der Waals surface area contributed by atoms with Gasteiger partial charge in [-0.05, 0) is 31.6 Å². The molecule has 0 aliphatic heterocycles. The zero-order valence-electron chi connectivity index (χ0n) is 7.89. The predicted octanol–water partition coefficient (Wildman–Crippen LogP) is 1.92. The number of benzene rings is 1. The Kier molecular flexibility index (Phi) is 4.87. The van der Waals surface area contributed by atoms with Crippen molar-refractivity contribution in [2.75, 3.05) is 13.1 Å². The van der Waals surface area contributed by atoms with Crippen molar-refractivity contribution in [1.29, 1.82) is 0 Å². The van der Waals surface area contributed by atoms with Gasteiger partial charge in [0.15, 0.2) is 0 Å². The first-order chi connectivity index (χ1) is 6.74. The van der Waals surface area contributed by atoms with Crippen molar-refractivity contribution >= 4 is 11.6 Å². The number of nitrogens with two attached hydrogens (primary N) is 1. The first kappa shape index (κ1) is 11.4. The minimum atomic E-state index is -0.266. The van der Waals surface area contributed by atoms with Gasteiger partial charge in [-0.1, -0.05) is 17.7 Å². The molecule has 3 N–H and O–H groups in total. The van der Waals surface area contributed by atoms with Crippen LogP contribution in [0.4, 0.5) is 4.39 Å². The van der Waals surface area contributed by atoms with Crippen molar-refractivity contribution in [3.05, 3.63) is 34.6 Å². The van der Waals surface area contributed by atoms with Crippen molar-refractivity contribution in [2.45, 2.75) is 13.0 Å². The highest BCUT2D eigenvalue weighted by Crippen LogP contribution is 2.14. The highest BCUT2D eigenvalue weighted by molar-refractivity contribution is 6.30. The number of hydrogen-bond donors (Lipinski definition) is 2. The van der Waals surface area contributed by atoms with Crippen LogP contribution in [-0.4, -0.2) is 13.1 Å². The highest BCUT2D eigenvalue weighted by atomic mass is 35.5. The molecule has 0 heterocycles. The fourth-order valence-electron chi connectivity index (χ4n) is 1.12. The van der Waals surface area contributed by atoms with E-state index in [9.17, 15) is 4.39 Å². The summed E-state index contributed by atoms with van der Waals surface area (Å²) >= 11 is 5.62. The average Bonchev–Trinajstić information content (AvgIpc) is 2.15. The first-order valence-corrected chi connectivity index (χ1v) is 4.96. The highest BCUT2D eigenvalue weighted by Gasteiger charge is 2.01. The number of halogens is 2. The van der Waals surface area contributed by atoms with Gasteiger partial charge in [-0.3, -0.25) is 0 Å². The van der Waals surface area contributed by atoms with Gasteiger partial charge in [-0.25, -0.2) is 4.39 Å². The molecule has 0 radical (unpaired) electrons. The monoisotopic (exact) mass is 216 g/mol. The lowest BCUT2D eigenvalue weighted by Gasteiger charge is -2.05. The van der Waals surface area contributed by atoms with Crippen LogP contribution in [0.25, 0.3) is 0 Å². The van der Waals surface area contributed by atoms with Crippen LogP contribution in [-0.2, 0) is 6.54 Å². The van der Waals surface area contributed by atoms with Crippen LogP contribution in [0.3, 0.4) is 0 Å². The lowest BCUT2D eigenvalue weighted by molar-refractivity contribution is 0.583. The van der Waals surface area contributed by atoms with Crippen molar-refractivity contribution < 1.29 is 4.39 Å². The van der Waals surface area contributed by atoms with Crippen LogP contribution < -0.4 is 11.1 Å². The molecule has 4 heteroatoms. The summed E-state index contributed by atoms with van der Waals surface area (Å²) in [5.41, 5.74) is 5.96. The Balaban J connectivity index is 2.42. The maximum atomic E-state index is 13.2. The normalized spacial score (nSPS) is 10.5. The second-order valence-electron chi connectivity index (χ2n) is 3.05. The largest absolute Gasteiger partial charge is 0.330 e. The summed E-state index contributed by atoms with van der Waals surface area (Å²) in [7, 11) is 0. The molecule has 0 saturated heterocycles. The molecule has 0 aliphatic carbocycles. The molecule has 0 atom stereocenters. The maximum Gasteiger partial charge on any atom is 0.129 e. The predicted molar refractivity (Wildman–Crippen MR) is 56.8 cm³/mol. The van der Waals surface area contributed by atoms with Crippen molar-refractivity contribution in [3.8, 4) is 0 Å². The molecule has 0 unspecified atom stereocenters. The fraction of sp³-hybridized carbons (Fsp3) is 0.400. The van der Waals surface area contributed by atoms with E-state index in [1.165, 1.54) is 6.07 Å². The van der Waals surface area contributed by atoms with Gasteiger partial charge in [0.25, 0.3) is 0 Å². The third kappa shape index (κ3) is 3.62. The van der Waals surface area contributed by atoms with E-state index in [1.54, 1.807) is 12.1 Å². The molecule has 0 bridgehead atoms. The van der Waals surface area contributed by atoms with Gasteiger partial charge in [-0.2, -0.15) is 0 Å². The van der Waals surface area contributed by atoms with Crippen LogP contribution in [0.2, 0.25) is 5.02 Å². The minimum Gasteiger partial charge on any atom is -0.330 e. The molecule has 1 rings (SSSR count). The van der Waals surface area contributed by atoms with Gasteiger partial charge >= 0.3 is 0 Å². The van der Waals surface area contributed by atoms with Crippen molar-refractivity contribution in [2.24, 2.45) is 5.73 Å². The third-order valence-electron chi connectivity index (χ3n) is 1.89. The Morgan fingerprint density at radius 3 is 2.86 bits per heavy atom. The quantitative estimate of drug-likeness (QED) is 0.738. The average molecular weight is 217 g/mol. The minimum absolute atomic E-state index is 0.266. The van der Waals surface area contributed by atoms with E-state index in [0.29, 0.717) is 23.7 Å². The fourth-order valence-corrected chi connectivity index (χ4v) is 1.27. The zero-order chi connectivity index (χ0) is 10.4. The summed E-state index contributed by atoms with van der Waals surface area (Å²) in [4.78, 5) is 0. The summed E-state index contributed by atoms with van der Waals surface area (Å²) in [5.74, 6) is -0.266. The van der Waals surface area contributed by atoms with Gasteiger partial charge in [0.05, 0.1) is 0 Å². The van der Waals surface area contributed by atoms with E-state index in [0.717, 1.165) is 13.0 Å². The molecular formula is C10H14ClFN2. The van der Waals surface area contributed by atoms with Gasteiger partial charge in [0.2, 0.25) is 0 Å². The van der Waals surface area contributed by atoms with E-state index in [4.69, 9.17) is 17.3 Å². The number of rotatable bonds is 5. The summed E-state index contributed by atoms with van der Waals surface area (Å²) < 4.78 is 13.2. The Labute approximate surface area is 88.2 Å². The van der Waals surface area contributed by atoms with Gasteiger partial charge in [0, 0.05) is 17.1 Å². The molecule has 1 aromatic carbocycles. The standard InChI is InChI=1S/C10H14ClFN2/c11-9-3-2-8(10(12)6-9)7-14-5-1-4-13/h2-3,6,14H,1,4-5,7,13H2. The van der Waals surface area contributed by atoms with Gasteiger partial charge < -0.3 is 11.1 Å². The van der Waals surface area contributed by atoms with Crippen LogP contribution >= 0.6 is 11.6 Å². The third-order valence-corrected chi connectivity index (χ3v) is 2.12. The first-order valence-electron chi connectivity index (χ1n) is 4.58. The Bertz CT molecular complexity index is 291. The topological polar surface area (TPSA) is 38.0 Å². The SMILES string of the molecule is NCCCNCc1ccc(Cl)cc1F. The number of hydrogen-bond acceptors (Lipinski definition) is 2. The van der Waals surface area contributed by atoms with E-state index in [1.807, 2.05) is 0 Å². The molecule has 0 amide bonds. The Morgan fingerprint density at radius 2 is 2.21 bits per heavy atom.